The molecular weight excluding hydrogens is 386 g/mol. The number of rotatable bonds is 6. The van der Waals surface area contributed by atoms with E-state index in [-0.39, 0.29) is 10.5 Å². The lowest BCUT2D eigenvalue weighted by Crippen LogP contribution is -3.15. The number of hydrogen-bond acceptors (Lipinski definition) is 4. The van der Waals surface area contributed by atoms with Crippen LogP contribution in [0.2, 0.25) is 5.02 Å². The fraction of sp³-hybridized carbons (Fsp3) is 0.316. The average molecular weight is 407 g/mol. The van der Waals surface area contributed by atoms with E-state index in [1.807, 2.05) is 18.2 Å². The summed E-state index contributed by atoms with van der Waals surface area (Å²) in [6.45, 7) is 3.62. The molecule has 0 radical (unpaired) electrons. The number of sulfonamides is 1. The van der Waals surface area contributed by atoms with Crippen LogP contribution in [-0.4, -0.2) is 52.1 Å². The molecule has 2 aromatic rings. The molecule has 142 valence electrons. The fourth-order valence-corrected chi connectivity index (χ4v) is 4.77. The molecule has 0 aliphatic carbocycles. The van der Waals surface area contributed by atoms with Gasteiger partial charge in [0.15, 0.2) is 0 Å². The molecule has 0 bridgehead atoms. The molecule has 0 unspecified atom stereocenters. The third kappa shape index (κ3) is 4.79. The van der Waals surface area contributed by atoms with Gasteiger partial charge in [0, 0.05) is 5.02 Å². The van der Waals surface area contributed by atoms with Gasteiger partial charge < -0.3 is 9.64 Å². The first-order chi connectivity index (χ1) is 13.0. The van der Waals surface area contributed by atoms with Crippen molar-refractivity contribution in [3.8, 4) is 11.8 Å². The molecule has 1 aliphatic heterocycles. The Hall–Kier alpha value is -2.11. The van der Waals surface area contributed by atoms with Crippen molar-refractivity contribution in [3.63, 3.8) is 0 Å². The van der Waals surface area contributed by atoms with Gasteiger partial charge >= 0.3 is 0 Å². The fourth-order valence-electron chi connectivity index (χ4n) is 3.06. The first kappa shape index (κ1) is 19.6. The Morgan fingerprint density at radius 3 is 2.44 bits per heavy atom. The highest BCUT2D eigenvalue weighted by Crippen LogP contribution is 2.19. The number of halogens is 1. The highest BCUT2D eigenvalue weighted by molar-refractivity contribution is 7.89. The third-order valence-electron chi connectivity index (χ3n) is 4.59. The van der Waals surface area contributed by atoms with E-state index < -0.39 is 10.0 Å². The van der Waals surface area contributed by atoms with Crippen LogP contribution in [0.4, 0.5) is 0 Å². The highest BCUT2D eigenvalue weighted by Gasteiger charge is 2.31. The molecule has 0 saturated carbocycles. The Morgan fingerprint density at radius 1 is 1.11 bits per heavy atom. The molecule has 6 nitrogen and oxygen atoms in total. The van der Waals surface area contributed by atoms with Gasteiger partial charge in [-0.2, -0.15) is 9.57 Å². The minimum Gasteiger partial charge on any atom is -0.488 e. The maximum Gasteiger partial charge on any atom is 0.244 e. The summed E-state index contributed by atoms with van der Waals surface area (Å²) in [6, 6.07) is 15.5. The molecular formula is C19H21ClN3O3S+. The Labute approximate surface area is 164 Å². The van der Waals surface area contributed by atoms with Crippen LogP contribution in [0.3, 0.4) is 0 Å². The van der Waals surface area contributed by atoms with E-state index >= 15 is 0 Å². The van der Waals surface area contributed by atoms with E-state index in [9.17, 15) is 13.7 Å². The van der Waals surface area contributed by atoms with Crippen LogP contribution in [-0.2, 0) is 10.0 Å². The van der Waals surface area contributed by atoms with Crippen LogP contribution >= 0.6 is 11.6 Å². The van der Waals surface area contributed by atoms with Gasteiger partial charge in [-0.25, -0.2) is 8.42 Å². The Bertz CT molecular complexity index is 918. The van der Waals surface area contributed by atoms with Crippen molar-refractivity contribution in [3.05, 3.63) is 59.1 Å². The zero-order chi connectivity index (χ0) is 19.3. The largest absolute Gasteiger partial charge is 0.488 e. The molecule has 0 atom stereocenters. The number of nitrogens with zero attached hydrogens (tertiary/aromatic N) is 2. The number of quaternary nitrogens is 1. The predicted molar refractivity (Wildman–Crippen MR) is 102 cm³/mol. The van der Waals surface area contributed by atoms with Crippen LogP contribution in [0.5, 0.6) is 5.75 Å². The molecule has 2 aromatic carbocycles. The molecule has 0 amide bonds. The second kappa shape index (κ2) is 8.72. The first-order valence-electron chi connectivity index (χ1n) is 8.72. The van der Waals surface area contributed by atoms with E-state index in [2.05, 4.69) is 0 Å². The molecule has 1 N–H and O–H groups in total. The summed E-state index contributed by atoms with van der Waals surface area (Å²) >= 11 is 5.85. The van der Waals surface area contributed by atoms with E-state index in [1.54, 1.807) is 24.3 Å². The molecule has 8 heteroatoms. The summed E-state index contributed by atoms with van der Waals surface area (Å²) in [4.78, 5) is 1.38. The maximum absolute atomic E-state index is 12.8. The van der Waals surface area contributed by atoms with Crippen molar-refractivity contribution in [1.29, 1.82) is 5.26 Å². The quantitative estimate of drug-likeness (QED) is 0.781. The first-order valence-corrected chi connectivity index (χ1v) is 10.5. The molecule has 1 heterocycles. The van der Waals surface area contributed by atoms with Gasteiger partial charge in [0.2, 0.25) is 10.0 Å². The molecule has 1 fully saturated rings. The summed E-state index contributed by atoms with van der Waals surface area (Å²) in [5, 5.41) is 9.84. The van der Waals surface area contributed by atoms with Crippen LogP contribution in [0.1, 0.15) is 5.56 Å². The Morgan fingerprint density at radius 2 is 1.78 bits per heavy atom. The normalized spacial score (nSPS) is 16.0. The lowest BCUT2D eigenvalue weighted by Gasteiger charge is -2.31. The second-order valence-electron chi connectivity index (χ2n) is 6.31. The molecule has 1 aliphatic rings. The predicted octanol–water partition coefficient (Wildman–Crippen LogP) is 1.18. The van der Waals surface area contributed by atoms with E-state index in [4.69, 9.17) is 16.3 Å². The maximum atomic E-state index is 12.8. The molecule has 3 rings (SSSR count). The van der Waals surface area contributed by atoms with Crippen LogP contribution in [0, 0.1) is 11.3 Å². The van der Waals surface area contributed by atoms with Crippen molar-refractivity contribution >= 4 is 21.6 Å². The summed E-state index contributed by atoms with van der Waals surface area (Å²) < 4.78 is 32.8. The Kier molecular flexibility index (Phi) is 6.34. The monoisotopic (exact) mass is 406 g/mol. The van der Waals surface area contributed by atoms with E-state index in [1.165, 1.54) is 21.3 Å². The number of piperazine rings is 1. The zero-order valence-corrected chi connectivity index (χ0v) is 16.3. The summed E-state index contributed by atoms with van der Waals surface area (Å²) in [5.74, 6) is 0.771. The zero-order valence-electron chi connectivity index (χ0n) is 14.8. The third-order valence-corrected chi connectivity index (χ3v) is 6.80. The molecule has 0 spiro atoms. The number of nitriles is 1. The smallest absolute Gasteiger partial charge is 0.244 e. The summed E-state index contributed by atoms with van der Waals surface area (Å²) in [7, 11) is -3.64. The van der Waals surface area contributed by atoms with Crippen LogP contribution < -0.4 is 9.64 Å². The number of ether oxygens (including phenoxy) is 1. The van der Waals surface area contributed by atoms with Gasteiger partial charge in [-0.15, -0.1) is 0 Å². The average Bonchev–Trinajstić information content (AvgIpc) is 2.70. The van der Waals surface area contributed by atoms with Gasteiger partial charge in [0.1, 0.15) is 25.0 Å². The van der Waals surface area contributed by atoms with Crippen molar-refractivity contribution in [2.45, 2.75) is 4.90 Å². The Balaban J connectivity index is 1.52. The van der Waals surface area contributed by atoms with Crippen molar-refractivity contribution in [2.75, 3.05) is 39.3 Å². The topological polar surface area (TPSA) is 74.8 Å². The van der Waals surface area contributed by atoms with Crippen LogP contribution in [0.15, 0.2) is 53.4 Å². The van der Waals surface area contributed by atoms with Gasteiger partial charge in [0.25, 0.3) is 0 Å². The highest BCUT2D eigenvalue weighted by atomic mass is 35.5. The van der Waals surface area contributed by atoms with Gasteiger partial charge in [-0.05, 0) is 36.4 Å². The second-order valence-corrected chi connectivity index (χ2v) is 8.66. The lowest BCUT2D eigenvalue weighted by molar-refractivity contribution is -0.903. The number of nitrogens with one attached hydrogen (secondary N) is 1. The summed E-state index contributed by atoms with van der Waals surface area (Å²) in [6.07, 6.45) is 0. The van der Waals surface area contributed by atoms with Gasteiger partial charge in [-0.1, -0.05) is 23.7 Å². The van der Waals surface area contributed by atoms with Gasteiger partial charge in [0.05, 0.1) is 36.6 Å². The minimum absolute atomic E-state index is 0.0852. The standard InChI is InChI=1S/C19H20ClN3O3S/c20-17-5-7-18(8-6-17)26-14-13-22-9-11-23(12-10-22)27(24,25)19-4-2-1-3-16(19)15-21/h1-8H,9-14H2/p+1. The number of hydrogen-bond donors (Lipinski definition) is 1. The van der Waals surface area contributed by atoms with Crippen molar-refractivity contribution < 1.29 is 18.1 Å². The molecule has 27 heavy (non-hydrogen) atoms. The van der Waals surface area contributed by atoms with Gasteiger partial charge in [-0.3, -0.25) is 0 Å². The van der Waals surface area contributed by atoms with Crippen molar-refractivity contribution in [2.24, 2.45) is 0 Å². The summed E-state index contributed by atoms with van der Waals surface area (Å²) in [5.41, 5.74) is 0.184. The van der Waals surface area contributed by atoms with Crippen molar-refractivity contribution in [1.82, 2.24) is 4.31 Å². The number of benzene rings is 2. The lowest BCUT2D eigenvalue weighted by atomic mass is 10.2. The van der Waals surface area contributed by atoms with E-state index in [0.717, 1.165) is 12.3 Å². The van der Waals surface area contributed by atoms with Crippen LogP contribution in [0.25, 0.3) is 0 Å². The molecule has 0 aromatic heterocycles. The SMILES string of the molecule is N#Cc1ccccc1S(=O)(=O)N1CC[NH+](CCOc2ccc(Cl)cc2)CC1. The molecule has 1 saturated heterocycles. The minimum atomic E-state index is -3.64. The van der Waals surface area contributed by atoms with E-state index in [0.29, 0.717) is 37.8 Å².